The number of aromatic nitrogens is 1. The van der Waals surface area contributed by atoms with E-state index in [1.54, 1.807) is 31.2 Å². The number of rotatable bonds is 6. The summed E-state index contributed by atoms with van der Waals surface area (Å²) in [4.78, 5) is 27.7. The lowest BCUT2D eigenvalue weighted by Gasteiger charge is -2.30. The summed E-state index contributed by atoms with van der Waals surface area (Å²) in [5, 5.41) is 3.82. The first-order chi connectivity index (χ1) is 19.2. The van der Waals surface area contributed by atoms with E-state index in [-0.39, 0.29) is 10.7 Å². The SMILES string of the molecule is Cc1c(Cl)cccc1N1C(=O)/C(=C/c2cc(C)n(-c3ccc(OCc4ccccc4Cl)cc3)c2C)C(=O)NC1=S. The summed E-state index contributed by atoms with van der Waals surface area (Å²) >= 11 is 17.9. The van der Waals surface area contributed by atoms with Gasteiger partial charge in [-0.25, -0.2) is 0 Å². The standard InChI is InChI=1S/C31H25Cl2N3O3S/c1-18-15-22(16-25-29(37)34-31(40)36(30(25)38)28-10-6-9-26(32)19(28)2)20(3)35(18)23-11-13-24(14-12-23)39-17-21-7-4-5-8-27(21)33/h4-16H,17H2,1-3H3,(H,34,37,40)/b25-16+. The van der Waals surface area contributed by atoms with Crippen molar-refractivity contribution in [1.82, 2.24) is 9.88 Å². The van der Waals surface area contributed by atoms with Crippen LogP contribution in [0.4, 0.5) is 5.69 Å². The molecule has 3 aromatic carbocycles. The van der Waals surface area contributed by atoms with Gasteiger partial charge in [-0.15, -0.1) is 0 Å². The molecule has 0 aliphatic carbocycles. The summed E-state index contributed by atoms with van der Waals surface area (Å²) in [5.74, 6) is -0.343. The fraction of sp³-hybridized carbons (Fsp3) is 0.129. The maximum absolute atomic E-state index is 13.5. The maximum atomic E-state index is 13.5. The van der Waals surface area contributed by atoms with Crippen LogP contribution in [-0.2, 0) is 16.2 Å². The Bertz CT molecular complexity index is 1690. The minimum atomic E-state index is -0.546. The van der Waals surface area contributed by atoms with Gasteiger partial charge >= 0.3 is 0 Å². The van der Waals surface area contributed by atoms with Crippen molar-refractivity contribution in [2.75, 3.05) is 4.90 Å². The number of anilines is 1. The van der Waals surface area contributed by atoms with Gasteiger partial charge in [0.1, 0.15) is 17.9 Å². The Kier molecular flexibility index (Phi) is 7.81. The Morgan fingerprint density at radius 2 is 1.62 bits per heavy atom. The number of nitrogens with one attached hydrogen (secondary N) is 1. The summed E-state index contributed by atoms with van der Waals surface area (Å²) in [5.41, 5.74) is 5.58. The summed E-state index contributed by atoms with van der Waals surface area (Å²) in [6, 6.07) is 22.4. The third kappa shape index (κ3) is 5.28. The number of halogens is 2. The van der Waals surface area contributed by atoms with E-state index in [1.807, 2.05) is 68.4 Å². The summed E-state index contributed by atoms with van der Waals surface area (Å²) < 4.78 is 7.97. The molecule has 0 spiro atoms. The fourth-order valence-corrected chi connectivity index (χ4v) is 5.30. The molecule has 0 saturated carbocycles. The molecule has 1 N–H and O–H groups in total. The van der Waals surface area contributed by atoms with Crippen LogP contribution in [0.25, 0.3) is 11.8 Å². The molecule has 1 fully saturated rings. The molecule has 5 rings (SSSR count). The van der Waals surface area contributed by atoms with E-state index in [0.717, 1.165) is 28.2 Å². The highest BCUT2D eigenvalue weighted by atomic mass is 35.5. The van der Waals surface area contributed by atoms with Crippen LogP contribution in [0, 0.1) is 20.8 Å². The monoisotopic (exact) mass is 589 g/mol. The zero-order chi connectivity index (χ0) is 28.6. The molecule has 202 valence electrons. The van der Waals surface area contributed by atoms with Crippen molar-refractivity contribution >= 4 is 64.1 Å². The third-order valence-corrected chi connectivity index (χ3v) is 7.86. The van der Waals surface area contributed by atoms with Crippen LogP contribution in [0.5, 0.6) is 5.75 Å². The van der Waals surface area contributed by atoms with E-state index >= 15 is 0 Å². The van der Waals surface area contributed by atoms with Crippen LogP contribution in [0.15, 0.2) is 78.4 Å². The van der Waals surface area contributed by atoms with Gasteiger partial charge < -0.3 is 9.30 Å². The average Bonchev–Trinajstić information content (AvgIpc) is 3.21. The highest BCUT2D eigenvalue weighted by molar-refractivity contribution is 7.80. The Balaban J connectivity index is 1.42. The second-order valence-corrected chi connectivity index (χ2v) is 10.6. The van der Waals surface area contributed by atoms with Crippen molar-refractivity contribution < 1.29 is 14.3 Å². The van der Waals surface area contributed by atoms with Crippen molar-refractivity contribution in [2.24, 2.45) is 0 Å². The van der Waals surface area contributed by atoms with E-state index in [2.05, 4.69) is 9.88 Å². The molecule has 0 radical (unpaired) electrons. The molecule has 6 nitrogen and oxygen atoms in total. The van der Waals surface area contributed by atoms with Crippen LogP contribution in [0.1, 0.15) is 28.1 Å². The fourth-order valence-electron chi connectivity index (χ4n) is 4.67. The molecule has 9 heteroatoms. The molecule has 0 atom stereocenters. The molecule has 1 aromatic heterocycles. The van der Waals surface area contributed by atoms with E-state index < -0.39 is 11.8 Å². The van der Waals surface area contributed by atoms with E-state index in [9.17, 15) is 9.59 Å². The molecule has 0 bridgehead atoms. The van der Waals surface area contributed by atoms with Crippen LogP contribution < -0.4 is 15.0 Å². The zero-order valence-corrected chi connectivity index (χ0v) is 24.3. The van der Waals surface area contributed by atoms with Gasteiger partial charge in [-0.2, -0.15) is 0 Å². The molecule has 1 aliphatic rings. The van der Waals surface area contributed by atoms with Gasteiger partial charge in [-0.1, -0.05) is 47.5 Å². The second-order valence-electron chi connectivity index (χ2n) is 9.38. The van der Waals surface area contributed by atoms with Gasteiger partial charge in [0.15, 0.2) is 5.11 Å². The quantitative estimate of drug-likeness (QED) is 0.148. The first kappa shape index (κ1) is 27.6. The van der Waals surface area contributed by atoms with Gasteiger partial charge in [0.2, 0.25) is 0 Å². The summed E-state index contributed by atoms with van der Waals surface area (Å²) in [6.45, 7) is 6.07. The Morgan fingerprint density at radius 1 is 0.925 bits per heavy atom. The smallest absolute Gasteiger partial charge is 0.270 e. The molecule has 4 aromatic rings. The molecule has 1 aliphatic heterocycles. The van der Waals surface area contributed by atoms with Crippen LogP contribution in [0.3, 0.4) is 0 Å². The van der Waals surface area contributed by atoms with Crippen LogP contribution >= 0.6 is 35.4 Å². The van der Waals surface area contributed by atoms with Crippen molar-refractivity contribution in [3.8, 4) is 11.4 Å². The first-order valence-electron chi connectivity index (χ1n) is 12.5. The number of hydrogen-bond donors (Lipinski definition) is 1. The Hall–Kier alpha value is -3.91. The number of ether oxygens (including phenoxy) is 1. The predicted molar refractivity (Wildman–Crippen MR) is 163 cm³/mol. The number of carbonyl (C=O) groups excluding carboxylic acids is 2. The maximum Gasteiger partial charge on any atom is 0.270 e. The van der Waals surface area contributed by atoms with Crippen molar-refractivity contribution in [2.45, 2.75) is 27.4 Å². The van der Waals surface area contributed by atoms with Gasteiger partial charge in [0, 0.05) is 32.7 Å². The Labute approximate surface area is 247 Å². The minimum absolute atomic E-state index is 0.0137. The van der Waals surface area contributed by atoms with E-state index in [1.165, 1.54) is 4.90 Å². The van der Waals surface area contributed by atoms with Crippen molar-refractivity contribution in [3.05, 3.63) is 116 Å². The average molecular weight is 591 g/mol. The highest BCUT2D eigenvalue weighted by Crippen LogP contribution is 2.31. The number of nitrogens with zero attached hydrogens (tertiary/aromatic N) is 2. The number of hydrogen-bond acceptors (Lipinski definition) is 4. The molecule has 2 heterocycles. The molecular weight excluding hydrogens is 565 g/mol. The first-order valence-corrected chi connectivity index (χ1v) is 13.6. The molecule has 1 saturated heterocycles. The molecule has 0 unspecified atom stereocenters. The number of carbonyl (C=O) groups is 2. The summed E-state index contributed by atoms with van der Waals surface area (Å²) in [7, 11) is 0. The number of benzene rings is 3. The lowest BCUT2D eigenvalue weighted by molar-refractivity contribution is -0.122. The molecular formula is C31H25Cl2N3O3S. The number of thiocarbonyl (C=S) groups is 1. The van der Waals surface area contributed by atoms with Gasteiger partial charge in [-0.05, 0) is 98.7 Å². The second kappa shape index (κ2) is 11.3. The molecule has 40 heavy (non-hydrogen) atoms. The largest absolute Gasteiger partial charge is 0.489 e. The number of aryl methyl sites for hydroxylation is 1. The third-order valence-electron chi connectivity index (χ3n) is 6.80. The van der Waals surface area contributed by atoms with Crippen molar-refractivity contribution in [3.63, 3.8) is 0 Å². The zero-order valence-electron chi connectivity index (χ0n) is 22.0. The van der Waals surface area contributed by atoms with Crippen LogP contribution in [-0.4, -0.2) is 21.5 Å². The van der Waals surface area contributed by atoms with Gasteiger partial charge in [0.25, 0.3) is 11.8 Å². The number of amides is 2. The summed E-state index contributed by atoms with van der Waals surface area (Å²) in [6.07, 6.45) is 1.60. The Morgan fingerprint density at radius 3 is 2.35 bits per heavy atom. The predicted octanol–water partition coefficient (Wildman–Crippen LogP) is 7.12. The highest BCUT2D eigenvalue weighted by Gasteiger charge is 2.35. The van der Waals surface area contributed by atoms with E-state index in [4.69, 9.17) is 40.2 Å². The topological polar surface area (TPSA) is 63.6 Å². The van der Waals surface area contributed by atoms with Crippen molar-refractivity contribution in [1.29, 1.82) is 0 Å². The lowest BCUT2D eigenvalue weighted by Crippen LogP contribution is -2.54. The lowest BCUT2D eigenvalue weighted by atomic mass is 10.1. The van der Waals surface area contributed by atoms with Gasteiger partial charge in [-0.3, -0.25) is 19.8 Å². The minimum Gasteiger partial charge on any atom is -0.489 e. The normalized spacial score (nSPS) is 14.6. The molecule has 2 amide bonds. The van der Waals surface area contributed by atoms with E-state index in [0.29, 0.717) is 33.7 Å². The van der Waals surface area contributed by atoms with Gasteiger partial charge in [0.05, 0.1) is 5.69 Å². The van der Waals surface area contributed by atoms with Crippen LogP contribution in [0.2, 0.25) is 10.0 Å².